The first kappa shape index (κ1) is 15.2. The number of allylic oxidation sites excluding steroid dienone is 3. The van der Waals surface area contributed by atoms with Gasteiger partial charge in [0, 0.05) is 4.48 Å². The average Bonchev–Trinajstić information content (AvgIpc) is 2.16. The summed E-state index contributed by atoms with van der Waals surface area (Å²) < 4.78 is 6.18. The Morgan fingerprint density at radius 2 is 1.77 bits per heavy atom. The van der Waals surface area contributed by atoms with Gasteiger partial charge in [-0.05, 0) is 26.3 Å². The summed E-state index contributed by atoms with van der Waals surface area (Å²) in [5.74, 6) is 0.907. The third-order valence-corrected chi connectivity index (χ3v) is 1.89. The van der Waals surface area contributed by atoms with Crippen molar-refractivity contribution in [1.82, 2.24) is 0 Å². The topological polar surface area (TPSA) is 9.23 Å². The normalized spacial score (nSPS) is 12.7. The highest BCUT2D eigenvalue weighted by Crippen LogP contribution is 2.15. The zero-order chi connectivity index (χ0) is 10.9. The van der Waals surface area contributed by atoms with Crippen LogP contribution in [0, 0.1) is 0 Å². The summed E-state index contributed by atoms with van der Waals surface area (Å²) in [6.07, 6.45) is 3.11. The van der Waals surface area contributed by atoms with Gasteiger partial charge in [-0.25, -0.2) is 0 Å². The van der Waals surface area contributed by atoms with Gasteiger partial charge >= 0.3 is 0 Å². The summed E-state index contributed by atoms with van der Waals surface area (Å²) in [4.78, 5) is 0. The summed E-state index contributed by atoms with van der Waals surface area (Å²) in [7, 11) is 1.68. The SMILES string of the molecule is CC.CC/C(C)=C/C(OC)=C(\C)Br. The molecule has 0 bridgehead atoms. The molecule has 0 aliphatic carbocycles. The van der Waals surface area contributed by atoms with Crippen LogP contribution in [0.25, 0.3) is 0 Å². The second kappa shape index (κ2) is 9.85. The van der Waals surface area contributed by atoms with Crippen LogP contribution in [0.2, 0.25) is 0 Å². The predicted molar refractivity (Wildman–Crippen MR) is 64.0 cm³/mol. The first-order valence-corrected chi connectivity index (χ1v) is 5.48. The zero-order valence-electron chi connectivity index (χ0n) is 9.57. The van der Waals surface area contributed by atoms with Crippen LogP contribution >= 0.6 is 15.9 Å². The Labute approximate surface area is 91.0 Å². The van der Waals surface area contributed by atoms with E-state index in [9.17, 15) is 0 Å². The molecule has 0 rings (SSSR count). The molecular formula is C11H21BrO. The van der Waals surface area contributed by atoms with Crippen molar-refractivity contribution in [2.75, 3.05) is 7.11 Å². The Morgan fingerprint density at radius 1 is 1.31 bits per heavy atom. The Kier molecular flexibility index (Phi) is 11.5. The van der Waals surface area contributed by atoms with E-state index in [1.165, 1.54) is 5.57 Å². The monoisotopic (exact) mass is 248 g/mol. The second-order valence-electron chi connectivity index (χ2n) is 2.45. The van der Waals surface area contributed by atoms with Gasteiger partial charge in [0.15, 0.2) is 0 Å². The molecule has 13 heavy (non-hydrogen) atoms. The molecule has 78 valence electrons. The summed E-state index contributed by atoms with van der Waals surface area (Å²) in [5.41, 5.74) is 1.32. The molecule has 0 aromatic heterocycles. The van der Waals surface area contributed by atoms with Crippen molar-refractivity contribution in [3.05, 3.63) is 21.9 Å². The van der Waals surface area contributed by atoms with Crippen LogP contribution in [-0.4, -0.2) is 7.11 Å². The van der Waals surface area contributed by atoms with Crippen molar-refractivity contribution in [1.29, 1.82) is 0 Å². The molecule has 0 aliphatic heterocycles. The highest BCUT2D eigenvalue weighted by atomic mass is 79.9. The fraction of sp³-hybridized carbons (Fsp3) is 0.636. The second-order valence-corrected chi connectivity index (χ2v) is 3.64. The summed E-state index contributed by atoms with van der Waals surface area (Å²) >= 11 is 3.37. The van der Waals surface area contributed by atoms with Gasteiger partial charge < -0.3 is 4.74 Å². The van der Waals surface area contributed by atoms with E-state index in [-0.39, 0.29) is 0 Å². The minimum absolute atomic E-state index is 0.907. The number of rotatable bonds is 3. The van der Waals surface area contributed by atoms with Crippen molar-refractivity contribution in [2.45, 2.75) is 41.0 Å². The number of hydrogen-bond donors (Lipinski definition) is 0. The van der Waals surface area contributed by atoms with Crippen LogP contribution in [0.5, 0.6) is 0 Å². The van der Waals surface area contributed by atoms with Gasteiger partial charge in [-0.1, -0.05) is 42.3 Å². The van der Waals surface area contributed by atoms with Crippen LogP contribution in [0.3, 0.4) is 0 Å². The number of hydrogen-bond acceptors (Lipinski definition) is 1. The Balaban J connectivity index is 0. The molecule has 0 unspecified atom stereocenters. The first-order valence-electron chi connectivity index (χ1n) is 4.69. The molecular weight excluding hydrogens is 228 g/mol. The molecule has 0 N–H and O–H groups in total. The van der Waals surface area contributed by atoms with Crippen LogP contribution in [0.4, 0.5) is 0 Å². The molecule has 0 heterocycles. The van der Waals surface area contributed by atoms with Crippen molar-refractivity contribution >= 4 is 15.9 Å². The fourth-order valence-corrected chi connectivity index (χ4v) is 0.901. The molecule has 1 nitrogen and oxygen atoms in total. The van der Waals surface area contributed by atoms with E-state index in [2.05, 4.69) is 29.8 Å². The smallest absolute Gasteiger partial charge is 0.128 e. The molecule has 0 atom stereocenters. The maximum atomic E-state index is 5.14. The van der Waals surface area contributed by atoms with Crippen LogP contribution in [0.1, 0.15) is 41.0 Å². The molecule has 0 radical (unpaired) electrons. The molecule has 0 saturated heterocycles. The summed E-state index contributed by atoms with van der Waals surface area (Å²) in [6.45, 7) is 10.2. The third kappa shape index (κ3) is 8.10. The van der Waals surface area contributed by atoms with Gasteiger partial charge in [-0.15, -0.1) is 0 Å². The van der Waals surface area contributed by atoms with E-state index in [1.807, 2.05) is 26.8 Å². The van der Waals surface area contributed by atoms with E-state index in [4.69, 9.17) is 4.74 Å². The number of ether oxygens (including phenoxy) is 1. The molecule has 0 spiro atoms. The maximum Gasteiger partial charge on any atom is 0.128 e. The highest BCUT2D eigenvalue weighted by Gasteiger charge is 1.95. The van der Waals surface area contributed by atoms with Gasteiger partial charge in [0.25, 0.3) is 0 Å². The zero-order valence-corrected chi connectivity index (χ0v) is 11.2. The first-order chi connectivity index (χ1) is 6.11. The standard InChI is InChI=1S/C9H15BrO.C2H6/c1-5-7(2)6-9(11-4)8(3)10;1-2/h6H,5H2,1-4H3;1-2H3/b7-6+,9-8-;. The van der Waals surface area contributed by atoms with Crippen molar-refractivity contribution in [2.24, 2.45) is 0 Å². The molecule has 0 fully saturated rings. The Morgan fingerprint density at radius 3 is 2.00 bits per heavy atom. The molecule has 0 aromatic rings. The van der Waals surface area contributed by atoms with Gasteiger partial charge in [0.05, 0.1) is 7.11 Å². The van der Waals surface area contributed by atoms with Gasteiger partial charge in [0.1, 0.15) is 5.76 Å². The van der Waals surface area contributed by atoms with E-state index in [0.29, 0.717) is 0 Å². The molecule has 0 amide bonds. The number of methoxy groups -OCH3 is 1. The van der Waals surface area contributed by atoms with Gasteiger partial charge in [0.2, 0.25) is 0 Å². The molecule has 0 saturated carbocycles. The Bertz CT molecular complexity index is 177. The molecule has 2 heteroatoms. The van der Waals surface area contributed by atoms with Crippen molar-refractivity contribution in [3.63, 3.8) is 0 Å². The summed E-state index contributed by atoms with van der Waals surface area (Å²) in [5, 5.41) is 0. The largest absolute Gasteiger partial charge is 0.496 e. The van der Waals surface area contributed by atoms with E-state index >= 15 is 0 Å². The molecule has 0 aromatic carbocycles. The van der Waals surface area contributed by atoms with Crippen LogP contribution < -0.4 is 0 Å². The lowest BCUT2D eigenvalue weighted by atomic mass is 10.2. The van der Waals surface area contributed by atoms with E-state index in [0.717, 1.165) is 16.7 Å². The van der Waals surface area contributed by atoms with Gasteiger partial charge in [-0.3, -0.25) is 0 Å². The average molecular weight is 249 g/mol. The Hall–Kier alpha value is -0.240. The fourth-order valence-electron chi connectivity index (χ4n) is 0.625. The van der Waals surface area contributed by atoms with Crippen LogP contribution in [0.15, 0.2) is 21.9 Å². The van der Waals surface area contributed by atoms with E-state index < -0.39 is 0 Å². The summed E-state index contributed by atoms with van der Waals surface area (Å²) in [6, 6.07) is 0. The van der Waals surface area contributed by atoms with Crippen molar-refractivity contribution in [3.8, 4) is 0 Å². The quantitative estimate of drug-likeness (QED) is 0.523. The van der Waals surface area contributed by atoms with Crippen LogP contribution in [-0.2, 0) is 4.74 Å². The van der Waals surface area contributed by atoms with E-state index in [1.54, 1.807) is 7.11 Å². The lowest BCUT2D eigenvalue weighted by Crippen LogP contribution is -1.85. The highest BCUT2D eigenvalue weighted by molar-refractivity contribution is 9.11. The maximum absolute atomic E-state index is 5.14. The van der Waals surface area contributed by atoms with Crippen molar-refractivity contribution < 1.29 is 4.74 Å². The number of halogens is 1. The minimum atomic E-state index is 0.907. The third-order valence-electron chi connectivity index (χ3n) is 1.49. The molecule has 0 aliphatic rings. The predicted octanol–water partition coefficient (Wildman–Crippen LogP) is 4.64. The minimum Gasteiger partial charge on any atom is -0.496 e. The lowest BCUT2D eigenvalue weighted by molar-refractivity contribution is 0.304. The lowest BCUT2D eigenvalue weighted by Gasteiger charge is -2.03. The van der Waals surface area contributed by atoms with Gasteiger partial charge in [-0.2, -0.15) is 0 Å².